The summed E-state index contributed by atoms with van der Waals surface area (Å²) in [7, 11) is -3.64. The molecule has 3 amide bonds. The fourth-order valence-corrected chi connectivity index (χ4v) is 5.68. The summed E-state index contributed by atoms with van der Waals surface area (Å²) in [6.07, 6.45) is 1.68. The molecule has 27 heavy (non-hydrogen) atoms. The molecule has 0 saturated carbocycles. The lowest BCUT2D eigenvalue weighted by Crippen LogP contribution is -2.30. The first kappa shape index (κ1) is 19.3. The molecule has 144 valence electrons. The largest absolute Gasteiger partial charge is 0.351 e. The Morgan fingerprint density at radius 2 is 1.78 bits per heavy atom. The first-order valence-electron chi connectivity index (χ1n) is 8.39. The van der Waals surface area contributed by atoms with E-state index in [0.717, 1.165) is 29.7 Å². The molecule has 1 aliphatic rings. The van der Waals surface area contributed by atoms with Gasteiger partial charge >= 0.3 is 6.03 Å². The summed E-state index contributed by atoms with van der Waals surface area (Å²) in [5.41, 5.74) is 6.41. The van der Waals surface area contributed by atoms with Gasteiger partial charge in [-0.3, -0.25) is 4.79 Å². The third kappa shape index (κ3) is 4.46. The standard InChI is InChI=1S/C17H20N4O4S2/c18-17(23)20-13-5-3-12(4-6-13)11-19-16(22)15-14(7-10-26-15)27(24,25)21-8-1-2-9-21/h3-7,10H,1-2,8-9,11H2,(H,19,22)(H3,18,20,23). The first-order chi connectivity index (χ1) is 12.9. The lowest BCUT2D eigenvalue weighted by Gasteiger charge is -2.15. The van der Waals surface area contributed by atoms with Crippen LogP contribution in [0, 0.1) is 0 Å². The number of urea groups is 1. The minimum Gasteiger partial charge on any atom is -0.351 e. The molecule has 1 aromatic carbocycles. The zero-order valence-electron chi connectivity index (χ0n) is 14.5. The van der Waals surface area contributed by atoms with Crippen molar-refractivity contribution >= 4 is 39.0 Å². The van der Waals surface area contributed by atoms with Crippen LogP contribution in [0.1, 0.15) is 28.1 Å². The fourth-order valence-electron chi connectivity index (χ4n) is 2.84. The number of amides is 3. The van der Waals surface area contributed by atoms with Crippen LogP contribution in [0.5, 0.6) is 0 Å². The Balaban J connectivity index is 1.67. The predicted octanol–water partition coefficient (Wildman–Crippen LogP) is 1.95. The number of hydrogen-bond donors (Lipinski definition) is 3. The number of carbonyl (C=O) groups is 2. The Kier molecular flexibility index (Phi) is 5.78. The molecule has 1 aromatic heterocycles. The Hall–Kier alpha value is -2.43. The lowest BCUT2D eigenvalue weighted by molar-refractivity contribution is 0.0952. The number of anilines is 1. The average Bonchev–Trinajstić information content (AvgIpc) is 3.32. The van der Waals surface area contributed by atoms with Crippen LogP contribution < -0.4 is 16.4 Å². The molecule has 0 bridgehead atoms. The van der Waals surface area contributed by atoms with E-state index in [9.17, 15) is 18.0 Å². The maximum absolute atomic E-state index is 12.7. The zero-order chi connectivity index (χ0) is 19.4. The molecule has 2 aromatic rings. The van der Waals surface area contributed by atoms with E-state index in [1.54, 1.807) is 29.6 Å². The molecule has 0 radical (unpaired) electrons. The fraction of sp³-hybridized carbons (Fsp3) is 0.294. The Bertz CT molecular complexity index is 932. The molecule has 3 rings (SSSR count). The highest BCUT2D eigenvalue weighted by molar-refractivity contribution is 7.89. The van der Waals surface area contributed by atoms with Crippen molar-refractivity contribution in [2.24, 2.45) is 5.73 Å². The monoisotopic (exact) mass is 408 g/mol. The molecular weight excluding hydrogens is 388 g/mol. The molecule has 0 aliphatic carbocycles. The second-order valence-electron chi connectivity index (χ2n) is 6.09. The van der Waals surface area contributed by atoms with E-state index in [1.807, 2.05) is 0 Å². The predicted molar refractivity (Wildman–Crippen MR) is 103 cm³/mol. The second kappa shape index (κ2) is 8.07. The molecule has 0 atom stereocenters. The number of benzene rings is 1. The third-order valence-electron chi connectivity index (χ3n) is 4.19. The van der Waals surface area contributed by atoms with Gasteiger partial charge in [-0.05, 0) is 42.0 Å². The lowest BCUT2D eigenvalue weighted by atomic mass is 10.2. The Labute approximate surface area is 161 Å². The minimum absolute atomic E-state index is 0.0629. The summed E-state index contributed by atoms with van der Waals surface area (Å²) in [6.45, 7) is 1.21. The number of rotatable bonds is 6. The number of nitrogens with two attached hydrogens (primary N) is 1. The van der Waals surface area contributed by atoms with Crippen LogP contribution >= 0.6 is 11.3 Å². The van der Waals surface area contributed by atoms with Gasteiger partial charge in [-0.2, -0.15) is 4.31 Å². The van der Waals surface area contributed by atoms with Crippen LogP contribution in [-0.4, -0.2) is 37.8 Å². The van der Waals surface area contributed by atoms with Gasteiger partial charge in [0.25, 0.3) is 5.91 Å². The van der Waals surface area contributed by atoms with E-state index >= 15 is 0 Å². The van der Waals surface area contributed by atoms with Gasteiger partial charge < -0.3 is 16.4 Å². The molecule has 1 saturated heterocycles. The van der Waals surface area contributed by atoms with Gasteiger partial charge in [0.2, 0.25) is 10.0 Å². The molecule has 1 aliphatic heterocycles. The smallest absolute Gasteiger partial charge is 0.316 e. The third-order valence-corrected chi connectivity index (χ3v) is 7.18. The minimum atomic E-state index is -3.64. The number of primary amides is 1. The van der Waals surface area contributed by atoms with Crippen molar-refractivity contribution in [2.45, 2.75) is 24.3 Å². The molecule has 0 spiro atoms. The van der Waals surface area contributed by atoms with Gasteiger partial charge in [-0.1, -0.05) is 12.1 Å². The van der Waals surface area contributed by atoms with Crippen LogP contribution in [0.15, 0.2) is 40.6 Å². The van der Waals surface area contributed by atoms with Crippen LogP contribution in [0.25, 0.3) is 0 Å². The number of nitrogens with zero attached hydrogens (tertiary/aromatic N) is 1. The molecule has 1 fully saturated rings. The van der Waals surface area contributed by atoms with E-state index in [0.29, 0.717) is 18.8 Å². The number of thiophene rings is 1. The van der Waals surface area contributed by atoms with Gasteiger partial charge in [0, 0.05) is 25.3 Å². The van der Waals surface area contributed by atoms with Gasteiger partial charge in [0.1, 0.15) is 9.77 Å². The average molecular weight is 409 g/mol. The summed E-state index contributed by atoms with van der Waals surface area (Å²) in [4.78, 5) is 23.6. The highest BCUT2D eigenvalue weighted by Gasteiger charge is 2.31. The van der Waals surface area contributed by atoms with Crippen molar-refractivity contribution in [3.8, 4) is 0 Å². The Morgan fingerprint density at radius 3 is 2.41 bits per heavy atom. The highest BCUT2D eigenvalue weighted by atomic mass is 32.2. The van der Waals surface area contributed by atoms with E-state index in [-0.39, 0.29) is 16.3 Å². The molecular formula is C17H20N4O4S2. The van der Waals surface area contributed by atoms with E-state index in [4.69, 9.17) is 5.73 Å². The Morgan fingerprint density at radius 1 is 1.11 bits per heavy atom. The van der Waals surface area contributed by atoms with Crippen LogP contribution in [0.2, 0.25) is 0 Å². The summed E-state index contributed by atoms with van der Waals surface area (Å²) in [5.74, 6) is -0.429. The van der Waals surface area contributed by atoms with Crippen LogP contribution in [0.3, 0.4) is 0 Å². The molecule has 2 heterocycles. The van der Waals surface area contributed by atoms with Gasteiger partial charge in [-0.25, -0.2) is 13.2 Å². The van der Waals surface area contributed by atoms with Gasteiger partial charge in [0.05, 0.1) is 0 Å². The maximum atomic E-state index is 12.7. The second-order valence-corrected chi connectivity index (χ2v) is 8.92. The van der Waals surface area contributed by atoms with Crippen molar-refractivity contribution in [1.29, 1.82) is 0 Å². The molecule has 4 N–H and O–H groups in total. The molecule has 8 nitrogen and oxygen atoms in total. The van der Waals surface area contributed by atoms with E-state index in [2.05, 4.69) is 10.6 Å². The maximum Gasteiger partial charge on any atom is 0.316 e. The van der Waals surface area contributed by atoms with Crippen molar-refractivity contribution in [1.82, 2.24) is 9.62 Å². The quantitative estimate of drug-likeness (QED) is 0.676. The summed E-state index contributed by atoms with van der Waals surface area (Å²) in [6, 6.07) is 7.64. The SMILES string of the molecule is NC(=O)Nc1ccc(CNC(=O)c2sccc2S(=O)(=O)N2CCCC2)cc1. The van der Waals surface area contributed by atoms with Crippen molar-refractivity contribution in [3.05, 3.63) is 46.2 Å². The normalized spacial score (nSPS) is 14.8. The molecule has 10 heteroatoms. The zero-order valence-corrected chi connectivity index (χ0v) is 16.1. The van der Waals surface area contributed by atoms with E-state index in [1.165, 1.54) is 10.4 Å². The number of nitrogens with one attached hydrogen (secondary N) is 2. The van der Waals surface area contributed by atoms with Gasteiger partial charge in [0.15, 0.2) is 0 Å². The number of hydrogen-bond acceptors (Lipinski definition) is 5. The highest BCUT2D eigenvalue weighted by Crippen LogP contribution is 2.27. The number of sulfonamides is 1. The van der Waals surface area contributed by atoms with E-state index < -0.39 is 22.0 Å². The topological polar surface area (TPSA) is 122 Å². The number of carbonyl (C=O) groups excluding carboxylic acids is 2. The van der Waals surface area contributed by atoms with Crippen molar-refractivity contribution in [2.75, 3.05) is 18.4 Å². The summed E-state index contributed by atoms with van der Waals surface area (Å²) in [5, 5.41) is 6.81. The van der Waals surface area contributed by atoms with Crippen molar-refractivity contribution in [3.63, 3.8) is 0 Å². The van der Waals surface area contributed by atoms with Gasteiger partial charge in [-0.15, -0.1) is 11.3 Å². The first-order valence-corrected chi connectivity index (χ1v) is 10.7. The van der Waals surface area contributed by atoms with Crippen molar-refractivity contribution < 1.29 is 18.0 Å². The van der Waals surface area contributed by atoms with Crippen LogP contribution in [0.4, 0.5) is 10.5 Å². The van der Waals surface area contributed by atoms with Crippen LogP contribution in [-0.2, 0) is 16.6 Å². The molecule has 0 unspecified atom stereocenters. The summed E-state index contributed by atoms with van der Waals surface area (Å²) >= 11 is 1.11. The summed E-state index contributed by atoms with van der Waals surface area (Å²) < 4.78 is 26.9.